The maximum atomic E-state index is 12.6. The number of rotatable bonds is 7. The highest BCUT2D eigenvalue weighted by molar-refractivity contribution is 7.90. The highest BCUT2D eigenvalue weighted by Gasteiger charge is 2.23. The van der Waals surface area contributed by atoms with E-state index in [4.69, 9.17) is 0 Å². The zero-order valence-electron chi connectivity index (χ0n) is 18.5. The van der Waals surface area contributed by atoms with E-state index in [2.05, 4.69) is 24.9 Å². The van der Waals surface area contributed by atoms with Crippen LogP contribution in [0.3, 0.4) is 0 Å². The van der Waals surface area contributed by atoms with E-state index in [0.717, 1.165) is 35.2 Å². The first-order valence-corrected chi connectivity index (χ1v) is 12.5. The Morgan fingerprint density at radius 3 is 2.85 bits per heavy atom. The summed E-state index contributed by atoms with van der Waals surface area (Å²) in [6.07, 6.45) is 8.29. The van der Waals surface area contributed by atoms with Gasteiger partial charge in [-0.2, -0.15) is 5.10 Å². The van der Waals surface area contributed by atoms with Crippen molar-refractivity contribution in [1.29, 1.82) is 0 Å². The number of nitrogens with one attached hydrogen (secondary N) is 1. The van der Waals surface area contributed by atoms with Crippen LogP contribution in [-0.4, -0.2) is 43.7 Å². The van der Waals surface area contributed by atoms with Gasteiger partial charge < -0.3 is 0 Å². The van der Waals surface area contributed by atoms with Crippen LogP contribution in [0, 0.1) is 19.8 Å². The van der Waals surface area contributed by atoms with Gasteiger partial charge in [0.05, 0.1) is 11.6 Å². The van der Waals surface area contributed by atoms with E-state index in [1.54, 1.807) is 15.4 Å². The standard InChI is InChI=1S/C22H25N7O3S/c1-14-18(15(2)29-22(25-14)19-7-4-10-23-21(19)26-29)8-9-20(30)27-33(31,32)17-11-24-28(13-17)12-16-5-3-6-16/h4,7,10-11,13,16H,3,5-6,8-9,12H2,1-2H3,(H,27,30). The fourth-order valence-corrected chi connectivity index (χ4v) is 5.21. The first-order valence-electron chi connectivity index (χ1n) is 11.0. The topological polar surface area (TPSA) is 124 Å². The van der Waals surface area contributed by atoms with Crippen LogP contribution < -0.4 is 4.72 Å². The van der Waals surface area contributed by atoms with Crippen LogP contribution in [0.1, 0.15) is 42.6 Å². The predicted molar refractivity (Wildman–Crippen MR) is 121 cm³/mol. The lowest BCUT2D eigenvalue weighted by atomic mass is 9.85. The summed E-state index contributed by atoms with van der Waals surface area (Å²) in [6, 6.07) is 3.76. The van der Waals surface area contributed by atoms with Gasteiger partial charge in [-0.25, -0.2) is 27.6 Å². The predicted octanol–water partition coefficient (Wildman–Crippen LogP) is 2.33. The molecule has 1 N–H and O–H groups in total. The van der Waals surface area contributed by atoms with Gasteiger partial charge in [-0.3, -0.25) is 9.48 Å². The van der Waals surface area contributed by atoms with Crippen LogP contribution in [0.5, 0.6) is 0 Å². The van der Waals surface area contributed by atoms with Crippen molar-refractivity contribution in [3.63, 3.8) is 0 Å². The second kappa shape index (κ2) is 8.22. The molecule has 0 radical (unpaired) electrons. The quantitative estimate of drug-likeness (QED) is 0.442. The van der Waals surface area contributed by atoms with Crippen LogP contribution in [0.25, 0.3) is 16.7 Å². The molecule has 4 aromatic rings. The summed E-state index contributed by atoms with van der Waals surface area (Å²) in [7, 11) is -3.96. The molecule has 0 aliphatic heterocycles. The largest absolute Gasteiger partial charge is 0.274 e. The number of amides is 1. The third-order valence-corrected chi connectivity index (χ3v) is 7.66. The molecule has 172 valence electrons. The van der Waals surface area contributed by atoms with E-state index in [0.29, 0.717) is 30.2 Å². The van der Waals surface area contributed by atoms with Crippen LogP contribution in [0.15, 0.2) is 35.6 Å². The van der Waals surface area contributed by atoms with Gasteiger partial charge in [0.1, 0.15) is 4.90 Å². The molecule has 0 aromatic carbocycles. The number of sulfonamides is 1. The first kappa shape index (κ1) is 21.5. The number of carbonyl (C=O) groups excluding carboxylic acids is 1. The molecule has 33 heavy (non-hydrogen) atoms. The Morgan fingerprint density at radius 2 is 2.09 bits per heavy atom. The van der Waals surface area contributed by atoms with Crippen LogP contribution in [0.4, 0.5) is 0 Å². The van der Waals surface area contributed by atoms with Gasteiger partial charge in [0.15, 0.2) is 11.3 Å². The molecule has 0 saturated heterocycles. The fraction of sp³-hybridized carbons (Fsp3) is 0.409. The Bertz CT molecular complexity index is 1470. The summed E-state index contributed by atoms with van der Waals surface area (Å²) in [4.78, 5) is 21.4. The van der Waals surface area contributed by atoms with Gasteiger partial charge in [0.2, 0.25) is 5.91 Å². The van der Waals surface area contributed by atoms with Crippen molar-refractivity contribution in [2.45, 2.75) is 57.4 Å². The molecule has 1 saturated carbocycles. The molecule has 0 bridgehead atoms. The maximum absolute atomic E-state index is 12.6. The third-order valence-electron chi connectivity index (χ3n) is 6.33. The molecule has 0 spiro atoms. The number of nitrogens with zero attached hydrogens (tertiary/aromatic N) is 6. The first-order chi connectivity index (χ1) is 15.8. The van der Waals surface area contributed by atoms with Gasteiger partial charge in [0.25, 0.3) is 10.0 Å². The summed E-state index contributed by atoms with van der Waals surface area (Å²) in [5, 5.41) is 9.51. The number of aromatic nitrogens is 6. The lowest BCUT2D eigenvalue weighted by Gasteiger charge is -2.24. The number of hydrogen-bond donors (Lipinski definition) is 1. The summed E-state index contributed by atoms with van der Waals surface area (Å²) in [6.45, 7) is 4.49. The van der Waals surface area contributed by atoms with Crippen molar-refractivity contribution in [1.82, 2.24) is 34.1 Å². The molecule has 5 rings (SSSR count). The smallest absolute Gasteiger partial charge is 0.267 e. The average Bonchev–Trinajstić information content (AvgIpc) is 3.36. The van der Waals surface area contributed by atoms with E-state index in [9.17, 15) is 13.2 Å². The maximum Gasteiger partial charge on any atom is 0.267 e. The summed E-state index contributed by atoms with van der Waals surface area (Å²) >= 11 is 0. The second-order valence-electron chi connectivity index (χ2n) is 8.59. The molecule has 0 unspecified atom stereocenters. The number of pyridine rings is 1. The minimum Gasteiger partial charge on any atom is -0.274 e. The van der Waals surface area contributed by atoms with Crippen LogP contribution in [0.2, 0.25) is 0 Å². The SMILES string of the molecule is Cc1nc2c3cccnc3nn2c(C)c1CCC(=O)NS(=O)(=O)c1cnn(CC2CCC2)c1. The second-order valence-corrected chi connectivity index (χ2v) is 10.3. The Hall–Kier alpha value is -3.34. The van der Waals surface area contributed by atoms with Gasteiger partial charge in [-0.1, -0.05) is 6.42 Å². The molecule has 4 heterocycles. The zero-order chi connectivity index (χ0) is 23.2. The Balaban J connectivity index is 1.29. The molecule has 1 aliphatic rings. The van der Waals surface area contributed by atoms with E-state index in [1.165, 1.54) is 18.8 Å². The van der Waals surface area contributed by atoms with Crippen molar-refractivity contribution < 1.29 is 13.2 Å². The van der Waals surface area contributed by atoms with Crippen LogP contribution >= 0.6 is 0 Å². The van der Waals surface area contributed by atoms with E-state index < -0.39 is 15.9 Å². The molecule has 10 nitrogen and oxygen atoms in total. The highest BCUT2D eigenvalue weighted by atomic mass is 32.2. The van der Waals surface area contributed by atoms with Crippen molar-refractivity contribution in [2.75, 3.05) is 0 Å². The number of hydrogen-bond acceptors (Lipinski definition) is 7. The summed E-state index contributed by atoms with van der Waals surface area (Å²) in [5.74, 6) is -0.0245. The molecule has 4 aromatic heterocycles. The van der Waals surface area contributed by atoms with Crippen LogP contribution in [-0.2, 0) is 27.8 Å². The Kier molecular flexibility index (Phi) is 5.35. The molecule has 1 amide bonds. The van der Waals surface area contributed by atoms with Crippen molar-refractivity contribution in [3.8, 4) is 0 Å². The lowest BCUT2D eigenvalue weighted by Crippen LogP contribution is -2.30. The van der Waals surface area contributed by atoms with E-state index >= 15 is 0 Å². The normalized spacial score (nSPS) is 14.6. The van der Waals surface area contributed by atoms with Gasteiger partial charge in [0, 0.05) is 36.7 Å². The van der Waals surface area contributed by atoms with Gasteiger partial charge in [-0.05, 0) is 56.7 Å². The van der Waals surface area contributed by atoms with E-state index in [-0.39, 0.29) is 11.3 Å². The lowest BCUT2D eigenvalue weighted by molar-refractivity contribution is -0.119. The molecule has 1 aliphatic carbocycles. The number of carbonyl (C=O) groups is 1. The van der Waals surface area contributed by atoms with Gasteiger partial charge in [-0.15, -0.1) is 5.10 Å². The third kappa shape index (κ3) is 4.08. The molecule has 0 atom stereocenters. The summed E-state index contributed by atoms with van der Waals surface area (Å²) in [5.41, 5.74) is 3.80. The highest BCUT2D eigenvalue weighted by Crippen LogP contribution is 2.28. The monoisotopic (exact) mass is 467 g/mol. The average molecular weight is 468 g/mol. The number of fused-ring (bicyclic) bond motifs is 3. The minimum absolute atomic E-state index is 0.00125. The Labute approximate surface area is 191 Å². The van der Waals surface area contributed by atoms with Crippen molar-refractivity contribution >= 4 is 32.6 Å². The molecule has 1 fully saturated rings. The number of aryl methyl sites for hydroxylation is 2. The molecular formula is C22H25N7O3S. The Morgan fingerprint density at radius 1 is 1.27 bits per heavy atom. The van der Waals surface area contributed by atoms with Gasteiger partial charge >= 0.3 is 0 Å². The fourth-order valence-electron chi connectivity index (χ4n) is 4.25. The molecular weight excluding hydrogens is 442 g/mol. The van der Waals surface area contributed by atoms with E-state index in [1.807, 2.05) is 26.0 Å². The zero-order valence-corrected chi connectivity index (χ0v) is 19.3. The molecule has 11 heteroatoms. The van der Waals surface area contributed by atoms with Crippen molar-refractivity contribution in [2.24, 2.45) is 5.92 Å². The summed E-state index contributed by atoms with van der Waals surface area (Å²) < 4.78 is 30.8. The minimum atomic E-state index is -3.96. The van der Waals surface area contributed by atoms with Crippen molar-refractivity contribution in [3.05, 3.63) is 47.7 Å².